The number of rotatable bonds is 5. The highest BCUT2D eigenvalue weighted by Crippen LogP contribution is 2.51. The molecule has 28 heavy (non-hydrogen) atoms. The molecule has 1 unspecified atom stereocenters. The number of likely N-dealkylation sites (tertiary alicyclic amines) is 1. The lowest BCUT2D eigenvalue weighted by Gasteiger charge is -2.37. The minimum Gasteiger partial charge on any atom is -0.341 e. The van der Waals surface area contributed by atoms with E-state index in [1.54, 1.807) is 12.4 Å². The van der Waals surface area contributed by atoms with Gasteiger partial charge in [-0.3, -0.25) is 9.78 Å². The van der Waals surface area contributed by atoms with Crippen LogP contribution in [0.5, 0.6) is 0 Å². The van der Waals surface area contributed by atoms with E-state index in [-0.39, 0.29) is 17.2 Å². The number of amides is 1. The van der Waals surface area contributed by atoms with Gasteiger partial charge in [-0.1, -0.05) is 33.1 Å². The summed E-state index contributed by atoms with van der Waals surface area (Å²) in [5.74, 6) is 2.13. The summed E-state index contributed by atoms with van der Waals surface area (Å²) in [7, 11) is 0. The maximum Gasteiger partial charge on any atom is 0.227 e. The monoisotopic (exact) mass is 381 g/mol. The third kappa shape index (κ3) is 3.82. The third-order valence-electron chi connectivity index (χ3n) is 6.47. The molecule has 1 aliphatic heterocycles. The van der Waals surface area contributed by atoms with Gasteiger partial charge in [-0.15, -0.1) is 10.2 Å². The van der Waals surface area contributed by atoms with E-state index in [0.29, 0.717) is 12.3 Å². The van der Waals surface area contributed by atoms with Crippen LogP contribution in [0.3, 0.4) is 0 Å². The van der Waals surface area contributed by atoms with Crippen LogP contribution >= 0.6 is 0 Å². The minimum absolute atomic E-state index is 0.161. The molecule has 1 saturated carbocycles. The van der Waals surface area contributed by atoms with E-state index in [4.69, 9.17) is 0 Å². The number of carbonyl (C=O) groups excluding carboxylic acids is 1. The number of hydrogen-bond donors (Lipinski definition) is 0. The molecule has 2 aromatic heterocycles. The highest BCUT2D eigenvalue weighted by molar-refractivity contribution is 5.79. The van der Waals surface area contributed by atoms with Gasteiger partial charge in [0.1, 0.15) is 12.2 Å². The summed E-state index contributed by atoms with van der Waals surface area (Å²) in [6.45, 7) is 7.00. The molecule has 2 fully saturated rings. The number of carbonyl (C=O) groups is 1. The van der Waals surface area contributed by atoms with E-state index in [0.717, 1.165) is 31.0 Å². The van der Waals surface area contributed by atoms with Gasteiger partial charge in [0.25, 0.3) is 0 Å². The highest BCUT2D eigenvalue weighted by atomic mass is 16.2. The smallest absolute Gasteiger partial charge is 0.227 e. The molecule has 1 atom stereocenters. The molecule has 6 heteroatoms. The van der Waals surface area contributed by atoms with E-state index in [2.05, 4.69) is 38.5 Å². The average molecular weight is 382 g/mol. The predicted molar refractivity (Wildman–Crippen MR) is 108 cm³/mol. The van der Waals surface area contributed by atoms with Gasteiger partial charge in [-0.2, -0.15) is 0 Å². The van der Waals surface area contributed by atoms with Crippen molar-refractivity contribution < 1.29 is 4.79 Å². The van der Waals surface area contributed by atoms with Crippen molar-refractivity contribution in [3.63, 3.8) is 0 Å². The van der Waals surface area contributed by atoms with Crippen LogP contribution < -0.4 is 0 Å². The summed E-state index contributed by atoms with van der Waals surface area (Å²) in [5, 5.41) is 8.78. The Hall–Kier alpha value is -2.24. The Morgan fingerprint density at radius 1 is 1.21 bits per heavy atom. The SMILES string of the molecule is CC(C)Cn1cnnc1C1CN(C(=O)Cc2ccncc2)CC12CCCCC2. The van der Waals surface area contributed by atoms with Gasteiger partial charge in [0.15, 0.2) is 0 Å². The van der Waals surface area contributed by atoms with Gasteiger partial charge in [-0.05, 0) is 41.9 Å². The molecule has 150 valence electrons. The van der Waals surface area contributed by atoms with Crippen LogP contribution in [0.25, 0.3) is 0 Å². The Morgan fingerprint density at radius 3 is 2.68 bits per heavy atom. The van der Waals surface area contributed by atoms with Crippen molar-refractivity contribution in [3.8, 4) is 0 Å². The van der Waals surface area contributed by atoms with Crippen molar-refractivity contribution in [2.24, 2.45) is 11.3 Å². The van der Waals surface area contributed by atoms with Gasteiger partial charge in [0.05, 0.1) is 6.42 Å². The van der Waals surface area contributed by atoms with Crippen LogP contribution in [0.4, 0.5) is 0 Å². The van der Waals surface area contributed by atoms with Crippen LogP contribution in [-0.4, -0.2) is 43.6 Å². The lowest BCUT2D eigenvalue weighted by molar-refractivity contribution is -0.129. The van der Waals surface area contributed by atoms with Crippen molar-refractivity contribution in [1.29, 1.82) is 0 Å². The molecule has 1 aliphatic carbocycles. The van der Waals surface area contributed by atoms with Crippen molar-refractivity contribution in [3.05, 3.63) is 42.2 Å². The number of nitrogens with zero attached hydrogens (tertiary/aromatic N) is 5. The van der Waals surface area contributed by atoms with E-state index in [1.807, 2.05) is 18.5 Å². The first-order valence-electron chi connectivity index (χ1n) is 10.6. The van der Waals surface area contributed by atoms with E-state index < -0.39 is 0 Å². The summed E-state index contributed by atoms with van der Waals surface area (Å²) < 4.78 is 2.22. The molecule has 1 spiro atoms. The highest BCUT2D eigenvalue weighted by Gasteiger charge is 2.50. The minimum atomic E-state index is 0.161. The first kappa shape index (κ1) is 19.1. The molecule has 0 bridgehead atoms. The predicted octanol–water partition coefficient (Wildman–Crippen LogP) is 3.45. The molecule has 1 saturated heterocycles. The largest absolute Gasteiger partial charge is 0.341 e. The Balaban J connectivity index is 1.58. The zero-order valence-corrected chi connectivity index (χ0v) is 17.0. The number of hydrogen-bond acceptors (Lipinski definition) is 4. The molecule has 0 N–H and O–H groups in total. The maximum atomic E-state index is 13.1. The fourth-order valence-corrected chi connectivity index (χ4v) is 5.13. The molecular formula is C22H31N5O. The molecule has 0 radical (unpaired) electrons. The molecule has 4 rings (SSSR count). The van der Waals surface area contributed by atoms with E-state index in [9.17, 15) is 4.79 Å². The lowest BCUT2D eigenvalue weighted by atomic mass is 9.67. The second-order valence-electron chi connectivity index (χ2n) is 9.02. The first-order chi connectivity index (χ1) is 13.6. The fourth-order valence-electron chi connectivity index (χ4n) is 5.13. The van der Waals surface area contributed by atoms with Crippen LogP contribution in [0, 0.1) is 11.3 Å². The molecule has 0 aromatic carbocycles. The van der Waals surface area contributed by atoms with Gasteiger partial charge in [-0.25, -0.2) is 0 Å². The average Bonchev–Trinajstić information content (AvgIpc) is 3.27. The molecule has 2 aromatic rings. The maximum absolute atomic E-state index is 13.1. The molecule has 6 nitrogen and oxygen atoms in total. The zero-order chi connectivity index (χ0) is 19.6. The summed E-state index contributed by atoms with van der Waals surface area (Å²) in [6.07, 6.45) is 12.0. The van der Waals surface area contributed by atoms with Crippen LogP contribution in [0.1, 0.15) is 63.3 Å². The standard InChI is InChI=1S/C22H31N5O/c1-17(2)13-27-16-24-25-21(27)19-14-26(15-22(19)8-4-3-5-9-22)20(28)12-18-6-10-23-11-7-18/h6-7,10-11,16-17,19H,3-5,8-9,12-15H2,1-2H3. The zero-order valence-electron chi connectivity index (χ0n) is 17.0. The van der Waals surface area contributed by atoms with Crippen molar-refractivity contribution >= 4 is 5.91 Å². The normalized spacial score (nSPS) is 21.5. The molecular weight excluding hydrogens is 350 g/mol. The third-order valence-corrected chi connectivity index (χ3v) is 6.47. The van der Waals surface area contributed by atoms with Gasteiger partial charge >= 0.3 is 0 Å². The van der Waals surface area contributed by atoms with Gasteiger partial charge in [0, 0.05) is 37.9 Å². The molecule has 2 aliphatic rings. The Kier molecular flexibility index (Phi) is 5.47. The second-order valence-corrected chi connectivity index (χ2v) is 9.02. The van der Waals surface area contributed by atoms with Gasteiger partial charge < -0.3 is 9.47 Å². The summed E-state index contributed by atoms with van der Waals surface area (Å²) in [5.41, 5.74) is 1.19. The molecule has 3 heterocycles. The topological polar surface area (TPSA) is 63.9 Å². The molecule has 1 amide bonds. The van der Waals surface area contributed by atoms with Crippen molar-refractivity contribution in [2.75, 3.05) is 13.1 Å². The summed E-state index contributed by atoms with van der Waals surface area (Å²) in [6, 6.07) is 3.86. The second kappa shape index (κ2) is 8.02. The van der Waals surface area contributed by atoms with E-state index in [1.165, 1.54) is 32.1 Å². The Bertz CT molecular complexity index is 794. The number of pyridine rings is 1. The number of aromatic nitrogens is 4. The Morgan fingerprint density at radius 2 is 1.96 bits per heavy atom. The van der Waals surface area contributed by atoms with Crippen LogP contribution in [0.2, 0.25) is 0 Å². The van der Waals surface area contributed by atoms with Crippen LogP contribution in [0.15, 0.2) is 30.9 Å². The Labute approximate surface area is 167 Å². The summed E-state index contributed by atoms with van der Waals surface area (Å²) in [4.78, 5) is 19.2. The van der Waals surface area contributed by atoms with Crippen molar-refractivity contribution in [1.82, 2.24) is 24.6 Å². The van der Waals surface area contributed by atoms with E-state index >= 15 is 0 Å². The first-order valence-corrected chi connectivity index (χ1v) is 10.6. The van der Waals surface area contributed by atoms with Crippen LogP contribution in [-0.2, 0) is 17.8 Å². The lowest BCUT2D eigenvalue weighted by Crippen LogP contribution is -2.35. The summed E-state index contributed by atoms with van der Waals surface area (Å²) >= 11 is 0. The quantitative estimate of drug-likeness (QED) is 0.796. The fraction of sp³-hybridized carbons (Fsp3) is 0.636. The van der Waals surface area contributed by atoms with Crippen molar-refractivity contribution in [2.45, 2.75) is 64.8 Å². The van der Waals surface area contributed by atoms with Gasteiger partial charge in [0.2, 0.25) is 5.91 Å².